The van der Waals surface area contributed by atoms with Crippen LogP contribution < -0.4 is 9.62 Å². The molecule has 0 aliphatic carbocycles. The highest BCUT2D eigenvalue weighted by Crippen LogP contribution is 2.26. The molecule has 0 saturated heterocycles. The van der Waals surface area contributed by atoms with Crippen molar-refractivity contribution in [2.24, 2.45) is 0 Å². The largest absolute Gasteiger partial charge is 0.385 e. The summed E-state index contributed by atoms with van der Waals surface area (Å²) < 4.78 is 31.9. The number of amides is 1. The van der Waals surface area contributed by atoms with Gasteiger partial charge in [0.1, 0.15) is 6.54 Å². The summed E-state index contributed by atoms with van der Waals surface area (Å²) in [5.74, 6) is -0.526. The number of rotatable bonds is 10. The van der Waals surface area contributed by atoms with Gasteiger partial charge >= 0.3 is 0 Å². The maximum absolute atomic E-state index is 13.1. The van der Waals surface area contributed by atoms with Gasteiger partial charge in [-0.25, -0.2) is 8.42 Å². The van der Waals surface area contributed by atoms with Gasteiger partial charge < -0.3 is 10.1 Å². The highest BCUT2D eigenvalue weighted by molar-refractivity contribution is 7.92. The Labute approximate surface area is 163 Å². The Morgan fingerprint density at radius 2 is 1.89 bits per heavy atom. The van der Waals surface area contributed by atoms with Crippen molar-refractivity contribution in [2.45, 2.75) is 11.3 Å². The Morgan fingerprint density at radius 3 is 2.54 bits per heavy atom. The van der Waals surface area contributed by atoms with E-state index in [1.807, 2.05) is 0 Å². The van der Waals surface area contributed by atoms with Gasteiger partial charge in [0, 0.05) is 32.4 Å². The van der Waals surface area contributed by atoms with Crippen LogP contribution in [-0.2, 0) is 19.6 Å². The van der Waals surface area contributed by atoms with Crippen LogP contribution in [0.1, 0.15) is 6.42 Å². The van der Waals surface area contributed by atoms with Crippen LogP contribution in [0, 0.1) is 10.1 Å². The maximum Gasteiger partial charge on any atom is 0.271 e. The van der Waals surface area contributed by atoms with Crippen LogP contribution in [0.2, 0.25) is 0 Å². The summed E-state index contributed by atoms with van der Waals surface area (Å²) in [6.45, 7) is 0.267. The van der Waals surface area contributed by atoms with Crippen LogP contribution in [0.3, 0.4) is 0 Å². The Kier molecular flexibility index (Phi) is 7.47. The molecule has 0 heterocycles. The van der Waals surface area contributed by atoms with Gasteiger partial charge in [-0.1, -0.05) is 24.3 Å². The number of sulfonamides is 1. The van der Waals surface area contributed by atoms with Gasteiger partial charge in [-0.3, -0.25) is 19.2 Å². The smallest absolute Gasteiger partial charge is 0.271 e. The zero-order chi connectivity index (χ0) is 20.6. The van der Waals surface area contributed by atoms with Crippen molar-refractivity contribution in [3.8, 4) is 0 Å². The second kappa shape index (κ2) is 9.81. The zero-order valence-electron chi connectivity index (χ0n) is 15.3. The molecule has 10 heteroatoms. The predicted molar refractivity (Wildman–Crippen MR) is 104 cm³/mol. The summed E-state index contributed by atoms with van der Waals surface area (Å²) in [4.78, 5) is 22.7. The molecule has 0 aliphatic heterocycles. The number of nitrogens with one attached hydrogen (secondary N) is 1. The topological polar surface area (TPSA) is 119 Å². The summed E-state index contributed by atoms with van der Waals surface area (Å²) in [7, 11) is -2.56. The minimum absolute atomic E-state index is 0.0197. The molecule has 0 aliphatic rings. The standard InChI is InChI=1S/C18H21N3O6S/c1-27-12-6-11-19-18(22)14-20(15-7-5-8-16(13-15)21(23)24)28(25,26)17-9-3-2-4-10-17/h2-5,7-10,13H,6,11-12,14H2,1H3,(H,19,22). The van der Waals surface area contributed by atoms with Crippen LogP contribution in [0.25, 0.3) is 0 Å². The predicted octanol–water partition coefficient (Wildman–Crippen LogP) is 1.94. The van der Waals surface area contributed by atoms with Crippen molar-refractivity contribution in [3.05, 3.63) is 64.7 Å². The normalized spacial score (nSPS) is 11.0. The monoisotopic (exact) mass is 407 g/mol. The molecular weight excluding hydrogens is 386 g/mol. The molecule has 2 aromatic carbocycles. The number of methoxy groups -OCH3 is 1. The number of non-ortho nitro benzene ring substituents is 1. The number of benzene rings is 2. The third-order valence-corrected chi connectivity index (χ3v) is 5.58. The van der Waals surface area contributed by atoms with E-state index in [1.54, 1.807) is 18.2 Å². The summed E-state index contributed by atoms with van der Waals surface area (Å²) in [6, 6.07) is 12.7. The molecule has 1 N–H and O–H groups in total. The SMILES string of the molecule is COCCCNC(=O)CN(c1cccc([N+](=O)[O-])c1)S(=O)(=O)c1ccccc1. The van der Waals surface area contributed by atoms with E-state index in [1.165, 1.54) is 37.4 Å². The number of nitrogens with zero attached hydrogens (tertiary/aromatic N) is 2. The molecule has 0 saturated carbocycles. The summed E-state index contributed by atoms with van der Waals surface area (Å²) in [6.07, 6.45) is 0.574. The van der Waals surface area contributed by atoms with Crippen molar-refractivity contribution in [3.63, 3.8) is 0 Å². The number of anilines is 1. The van der Waals surface area contributed by atoms with E-state index in [2.05, 4.69) is 5.32 Å². The lowest BCUT2D eigenvalue weighted by Crippen LogP contribution is -2.41. The molecule has 0 radical (unpaired) electrons. The highest BCUT2D eigenvalue weighted by atomic mass is 32.2. The third kappa shape index (κ3) is 5.51. The van der Waals surface area contributed by atoms with Crippen molar-refractivity contribution in [2.75, 3.05) is 31.1 Å². The zero-order valence-corrected chi connectivity index (χ0v) is 16.1. The highest BCUT2D eigenvalue weighted by Gasteiger charge is 2.28. The Hall–Kier alpha value is -2.98. The Bertz CT molecular complexity index is 918. The maximum atomic E-state index is 13.1. The van der Waals surface area contributed by atoms with E-state index in [9.17, 15) is 23.3 Å². The molecule has 0 bridgehead atoms. The quantitative estimate of drug-likeness (QED) is 0.365. The molecule has 150 valence electrons. The third-order valence-electron chi connectivity index (χ3n) is 3.79. The van der Waals surface area contributed by atoms with Crippen LogP contribution in [0.15, 0.2) is 59.5 Å². The number of carbonyl (C=O) groups is 1. The number of hydrogen-bond donors (Lipinski definition) is 1. The number of nitro groups is 1. The number of hydrogen-bond acceptors (Lipinski definition) is 6. The van der Waals surface area contributed by atoms with Gasteiger partial charge in [-0.05, 0) is 24.6 Å². The first kappa shape index (κ1) is 21.3. The summed E-state index contributed by atoms with van der Waals surface area (Å²) in [5.41, 5.74) is -0.239. The Balaban J connectivity index is 2.35. The first-order valence-corrected chi connectivity index (χ1v) is 9.88. The molecule has 0 unspecified atom stereocenters. The number of nitro benzene ring substituents is 1. The van der Waals surface area contributed by atoms with Gasteiger partial charge in [0.2, 0.25) is 5.91 Å². The fraction of sp³-hybridized carbons (Fsp3) is 0.278. The first-order valence-electron chi connectivity index (χ1n) is 8.44. The van der Waals surface area contributed by atoms with E-state index < -0.39 is 27.4 Å². The molecule has 0 aromatic heterocycles. The van der Waals surface area contributed by atoms with Gasteiger partial charge in [0.05, 0.1) is 15.5 Å². The van der Waals surface area contributed by atoms with Gasteiger partial charge in [0.15, 0.2) is 0 Å². The molecule has 0 spiro atoms. The number of carbonyl (C=O) groups excluding carboxylic acids is 1. The van der Waals surface area contributed by atoms with Crippen molar-refractivity contribution < 1.29 is 22.9 Å². The van der Waals surface area contributed by atoms with Crippen molar-refractivity contribution in [1.29, 1.82) is 0 Å². The average molecular weight is 407 g/mol. The van der Waals surface area contributed by atoms with E-state index in [0.717, 1.165) is 10.4 Å². The molecule has 9 nitrogen and oxygen atoms in total. The molecule has 1 amide bonds. The minimum atomic E-state index is -4.10. The fourth-order valence-electron chi connectivity index (χ4n) is 2.43. The second-order valence-corrected chi connectivity index (χ2v) is 7.66. The van der Waals surface area contributed by atoms with Gasteiger partial charge in [-0.15, -0.1) is 0 Å². The molecule has 28 heavy (non-hydrogen) atoms. The molecule has 0 fully saturated rings. The van der Waals surface area contributed by atoms with E-state index in [4.69, 9.17) is 4.74 Å². The second-order valence-electron chi connectivity index (χ2n) is 5.80. The summed E-state index contributed by atoms with van der Waals surface area (Å²) >= 11 is 0. The molecular formula is C18H21N3O6S. The molecule has 2 rings (SSSR count). The van der Waals surface area contributed by atoms with E-state index >= 15 is 0 Å². The number of ether oxygens (including phenoxy) is 1. The molecule has 0 atom stereocenters. The first-order chi connectivity index (χ1) is 13.4. The lowest BCUT2D eigenvalue weighted by molar-refractivity contribution is -0.384. The minimum Gasteiger partial charge on any atom is -0.385 e. The van der Waals surface area contributed by atoms with Crippen molar-refractivity contribution in [1.82, 2.24) is 5.32 Å². The van der Waals surface area contributed by atoms with Crippen molar-refractivity contribution >= 4 is 27.3 Å². The van der Waals surface area contributed by atoms with Crippen LogP contribution in [-0.4, -0.2) is 46.1 Å². The Morgan fingerprint density at radius 1 is 1.18 bits per heavy atom. The van der Waals surface area contributed by atoms with Gasteiger partial charge in [-0.2, -0.15) is 0 Å². The lowest BCUT2D eigenvalue weighted by atomic mass is 10.3. The fourth-order valence-corrected chi connectivity index (χ4v) is 3.86. The van der Waals surface area contributed by atoms with Crippen LogP contribution in [0.4, 0.5) is 11.4 Å². The summed E-state index contributed by atoms with van der Waals surface area (Å²) in [5, 5.41) is 13.7. The van der Waals surface area contributed by atoms with Gasteiger partial charge in [0.25, 0.3) is 15.7 Å². The average Bonchev–Trinajstić information content (AvgIpc) is 2.70. The van der Waals surface area contributed by atoms with Crippen LogP contribution in [0.5, 0.6) is 0 Å². The van der Waals surface area contributed by atoms with Crippen LogP contribution >= 0.6 is 0 Å². The van der Waals surface area contributed by atoms with E-state index in [0.29, 0.717) is 19.6 Å². The lowest BCUT2D eigenvalue weighted by Gasteiger charge is -2.24. The molecule has 2 aromatic rings. The van der Waals surface area contributed by atoms with E-state index in [-0.39, 0.29) is 16.3 Å².